The van der Waals surface area contributed by atoms with Gasteiger partial charge in [-0.2, -0.15) is 4.31 Å². The second kappa shape index (κ2) is 9.67. The fourth-order valence-corrected chi connectivity index (χ4v) is 5.03. The van der Waals surface area contributed by atoms with Gasteiger partial charge >= 0.3 is 0 Å². The molecule has 10 nitrogen and oxygen atoms in total. The number of sulfonamides is 1. The van der Waals surface area contributed by atoms with E-state index in [9.17, 15) is 18.0 Å². The SMILES string of the molecule is Cc1cccc(N2CCN(S(=O)(=O)CC(=O)NNC(=O)c3ccc4c(c3)OCCO4)CC2)c1. The zero-order valence-electron chi connectivity index (χ0n) is 18.2. The topological polar surface area (TPSA) is 117 Å². The van der Waals surface area contributed by atoms with Crippen LogP contribution in [0.5, 0.6) is 11.5 Å². The average Bonchev–Trinajstić information content (AvgIpc) is 2.82. The predicted molar refractivity (Wildman–Crippen MR) is 122 cm³/mol. The van der Waals surface area contributed by atoms with E-state index in [4.69, 9.17) is 9.47 Å². The molecule has 11 heteroatoms. The summed E-state index contributed by atoms with van der Waals surface area (Å²) in [6.07, 6.45) is 0. The van der Waals surface area contributed by atoms with Crippen LogP contribution in [0, 0.1) is 6.92 Å². The zero-order chi connectivity index (χ0) is 23.4. The molecule has 0 atom stereocenters. The van der Waals surface area contributed by atoms with Crippen LogP contribution in [0.1, 0.15) is 15.9 Å². The van der Waals surface area contributed by atoms with E-state index in [-0.39, 0.29) is 18.7 Å². The smallest absolute Gasteiger partial charge is 0.269 e. The first-order valence-electron chi connectivity index (χ1n) is 10.6. The number of ether oxygens (including phenoxy) is 2. The van der Waals surface area contributed by atoms with Gasteiger partial charge in [0.2, 0.25) is 10.0 Å². The van der Waals surface area contributed by atoms with Crippen LogP contribution in [0.2, 0.25) is 0 Å². The summed E-state index contributed by atoms with van der Waals surface area (Å²) in [5, 5.41) is 0. The van der Waals surface area contributed by atoms with Crippen molar-refractivity contribution in [3.63, 3.8) is 0 Å². The molecule has 2 N–H and O–H groups in total. The monoisotopic (exact) mass is 474 g/mol. The van der Waals surface area contributed by atoms with Crippen molar-refractivity contribution in [1.29, 1.82) is 0 Å². The second-order valence-electron chi connectivity index (χ2n) is 7.84. The van der Waals surface area contributed by atoms with Gasteiger partial charge < -0.3 is 14.4 Å². The van der Waals surface area contributed by atoms with Gasteiger partial charge in [0.1, 0.15) is 19.0 Å². The molecule has 0 saturated carbocycles. The van der Waals surface area contributed by atoms with E-state index in [1.807, 2.05) is 25.1 Å². The van der Waals surface area contributed by atoms with Gasteiger partial charge in [-0.15, -0.1) is 0 Å². The number of rotatable bonds is 5. The number of aryl methyl sites for hydroxylation is 1. The van der Waals surface area contributed by atoms with Crippen LogP contribution < -0.4 is 25.2 Å². The predicted octanol–water partition coefficient (Wildman–Crippen LogP) is 0.679. The highest BCUT2D eigenvalue weighted by Gasteiger charge is 2.29. The lowest BCUT2D eigenvalue weighted by atomic mass is 10.2. The Morgan fingerprint density at radius 1 is 0.939 bits per heavy atom. The third-order valence-corrected chi connectivity index (χ3v) is 7.21. The van der Waals surface area contributed by atoms with Gasteiger partial charge in [0, 0.05) is 37.4 Å². The molecule has 1 saturated heterocycles. The number of hydrogen-bond acceptors (Lipinski definition) is 7. The Hall–Kier alpha value is -3.31. The number of anilines is 1. The maximum Gasteiger partial charge on any atom is 0.269 e. The summed E-state index contributed by atoms with van der Waals surface area (Å²) in [6, 6.07) is 12.7. The maximum atomic E-state index is 12.7. The van der Waals surface area contributed by atoms with Gasteiger partial charge in [-0.25, -0.2) is 8.42 Å². The van der Waals surface area contributed by atoms with Gasteiger partial charge in [0.05, 0.1) is 0 Å². The lowest BCUT2D eigenvalue weighted by Crippen LogP contribution is -2.52. The van der Waals surface area contributed by atoms with Crippen LogP contribution in [0.3, 0.4) is 0 Å². The molecule has 2 aromatic carbocycles. The normalized spacial score (nSPS) is 16.2. The van der Waals surface area contributed by atoms with E-state index in [0.717, 1.165) is 11.3 Å². The van der Waals surface area contributed by atoms with Crippen LogP contribution in [0.25, 0.3) is 0 Å². The van der Waals surface area contributed by atoms with Gasteiger partial charge in [0.25, 0.3) is 11.8 Å². The van der Waals surface area contributed by atoms with Crippen molar-refractivity contribution in [1.82, 2.24) is 15.2 Å². The molecule has 33 heavy (non-hydrogen) atoms. The molecule has 2 heterocycles. The van der Waals surface area contributed by atoms with Gasteiger partial charge in [-0.05, 0) is 42.8 Å². The fourth-order valence-electron chi connectivity index (χ4n) is 3.73. The highest BCUT2D eigenvalue weighted by atomic mass is 32.2. The number of amides is 2. The summed E-state index contributed by atoms with van der Waals surface area (Å²) in [4.78, 5) is 26.6. The number of nitrogens with zero attached hydrogens (tertiary/aromatic N) is 2. The number of carbonyl (C=O) groups is 2. The third kappa shape index (κ3) is 5.55. The van der Waals surface area contributed by atoms with Crippen LogP contribution >= 0.6 is 0 Å². The minimum Gasteiger partial charge on any atom is -0.486 e. The molecule has 2 amide bonds. The molecule has 0 aromatic heterocycles. The first-order valence-corrected chi connectivity index (χ1v) is 12.2. The molecule has 176 valence electrons. The number of hydrazine groups is 1. The molecule has 2 aliphatic heterocycles. The Kier molecular flexibility index (Phi) is 6.70. The summed E-state index contributed by atoms with van der Waals surface area (Å²) in [5.41, 5.74) is 6.84. The lowest BCUT2D eigenvalue weighted by molar-refractivity contribution is -0.119. The number of carbonyl (C=O) groups excluding carboxylic acids is 2. The quantitative estimate of drug-likeness (QED) is 0.612. The molecule has 0 aliphatic carbocycles. The Labute approximate surface area is 192 Å². The van der Waals surface area contributed by atoms with E-state index in [2.05, 4.69) is 21.8 Å². The number of nitrogens with one attached hydrogen (secondary N) is 2. The van der Waals surface area contributed by atoms with Gasteiger partial charge in [0.15, 0.2) is 11.5 Å². The second-order valence-corrected chi connectivity index (χ2v) is 9.81. The van der Waals surface area contributed by atoms with E-state index in [1.165, 1.54) is 16.4 Å². The molecular formula is C22H26N4O6S. The van der Waals surface area contributed by atoms with E-state index in [1.54, 1.807) is 6.07 Å². The van der Waals surface area contributed by atoms with Crippen LogP contribution in [-0.4, -0.2) is 69.7 Å². The average molecular weight is 475 g/mol. The van der Waals surface area contributed by atoms with Crippen LogP contribution in [0.4, 0.5) is 5.69 Å². The van der Waals surface area contributed by atoms with Crippen LogP contribution in [-0.2, 0) is 14.8 Å². The summed E-state index contributed by atoms with van der Waals surface area (Å²) in [6.45, 7) is 4.46. The van der Waals surface area contributed by atoms with Crippen molar-refractivity contribution in [2.45, 2.75) is 6.92 Å². The summed E-state index contributed by atoms with van der Waals surface area (Å²) < 4.78 is 37.5. The number of hydrogen-bond donors (Lipinski definition) is 2. The molecule has 2 aliphatic rings. The van der Waals surface area contributed by atoms with E-state index >= 15 is 0 Å². The first kappa shape index (κ1) is 22.9. The molecule has 0 bridgehead atoms. The van der Waals surface area contributed by atoms with Crippen LogP contribution in [0.15, 0.2) is 42.5 Å². The molecule has 0 unspecified atom stereocenters. The molecule has 4 rings (SSSR count). The van der Waals surface area contributed by atoms with E-state index < -0.39 is 27.6 Å². The Bertz CT molecular complexity index is 1150. The van der Waals surface area contributed by atoms with Crippen molar-refractivity contribution >= 4 is 27.5 Å². The van der Waals surface area contributed by atoms with Crippen molar-refractivity contribution in [2.24, 2.45) is 0 Å². The number of benzene rings is 2. The highest BCUT2D eigenvalue weighted by Crippen LogP contribution is 2.30. The summed E-state index contributed by atoms with van der Waals surface area (Å²) >= 11 is 0. The minimum absolute atomic E-state index is 0.245. The summed E-state index contributed by atoms with van der Waals surface area (Å²) in [5.74, 6) is -1.19. The van der Waals surface area contributed by atoms with Crippen molar-refractivity contribution in [2.75, 3.05) is 50.0 Å². The van der Waals surface area contributed by atoms with E-state index in [0.29, 0.717) is 37.8 Å². The third-order valence-electron chi connectivity index (χ3n) is 5.43. The molecule has 0 spiro atoms. The number of piperazine rings is 1. The standard InChI is InChI=1S/C22H26N4O6S/c1-16-3-2-4-18(13-16)25-7-9-26(10-8-25)33(29,30)15-21(27)23-24-22(28)17-5-6-19-20(14-17)32-12-11-31-19/h2-6,13-14H,7-12,15H2,1H3,(H,23,27)(H,24,28). The van der Waals surface area contributed by atoms with Gasteiger partial charge in [-0.3, -0.25) is 20.4 Å². The van der Waals surface area contributed by atoms with Crippen molar-refractivity contribution in [3.05, 3.63) is 53.6 Å². The maximum absolute atomic E-state index is 12.7. The Balaban J connectivity index is 1.27. The first-order chi connectivity index (χ1) is 15.8. The summed E-state index contributed by atoms with van der Waals surface area (Å²) in [7, 11) is -3.81. The number of fused-ring (bicyclic) bond motifs is 1. The highest BCUT2D eigenvalue weighted by molar-refractivity contribution is 7.89. The van der Waals surface area contributed by atoms with Gasteiger partial charge in [-0.1, -0.05) is 12.1 Å². The molecular weight excluding hydrogens is 448 g/mol. The van der Waals surface area contributed by atoms with Crippen molar-refractivity contribution < 1.29 is 27.5 Å². The lowest BCUT2D eigenvalue weighted by Gasteiger charge is -2.35. The Morgan fingerprint density at radius 3 is 2.39 bits per heavy atom. The minimum atomic E-state index is -3.81. The molecule has 1 fully saturated rings. The largest absolute Gasteiger partial charge is 0.486 e. The molecule has 2 aromatic rings. The zero-order valence-corrected chi connectivity index (χ0v) is 19.1. The molecule has 0 radical (unpaired) electrons. The van der Waals surface area contributed by atoms with Crippen molar-refractivity contribution in [3.8, 4) is 11.5 Å². The fraction of sp³-hybridized carbons (Fsp3) is 0.364. The Morgan fingerprint density at radius 2 is 1.67 bits per heavy atom.